The van der Waals surface area contributed by atoms with Gasteiger partial charge in [-0.2, -0.15) is 0 Å². The van der Waals surface area contributed by atoms with Gasteiger partial charge in [0, 0.05) is 20.6 Å². The van der Waals surface area contributed by atoms with Crippen molar-refractivity contribution in [2.75, 3.05) is 7.11 Å². The molecular weight excluding hydrogens is 484 g/mol. The Morgan fingerprint density at radius 2 is 1.77 bits per heavy atom. The lowest BCUT2D eigenvalue weighted by molar-refractivity contribution is 0.0733. The number of Topliss-reactive ketones (excluding diaryl/α,β-unsaturated/α-hetero) is 1. The van der Waals surface area contributed by atoms with Crippen LogP contribution in [-0.4, -0.2) is 18.9 Å². The van der Waals surface area contributed by atoms with Gasteiger partial charge in [-0.3, -0.25) is 4.79 Å². The maximum absolute atomic E-state index is 12.9. The molecule has 0 amide bonds. The number of methoxy groups -OCH3 is 1. The summed E-state index contributed by atoms with van der Waals surface area (Å²) in [5.74, 6) is 0.668. The lowest BCUT2D eigenvalue weighted by atomic mass is 10.1. The van der Waals surface area contributed by atoms with Crippen molar-refractivity contribution in [1.29, 1.82) is 0 Å². The average molecular weight is 500 g/mol. The highest BCUT2D eigenvalue weighted by atomic mass is 79.9. The van der Waals surface area contributed by atoms with Crippen molar-refractivity contribution >= 4 is 45.4 Å². The first-order valence-corrected chi connectivity index (χ1v) is 10.4. The molecule has 0 saturated carbocycles. The number of ketones is 1. The van der Waals surface area contributed by atoms with Crippen molar-refractivity contribution in [3.63, 3.8) is 0 Å². The van der Waals surface area contributed by atoms with E-state index in [1.807, 2.05) is 12.1 Å². The number of fused-ring (bicyclic) bond motifs is 1. The minimum atomic E-state index is -0.529. The molecule has 0 spiro atoms. The summed E-state index contributed by atoms with van der Waals surface area (Å²) in [5.41, 5.74) is 2.02. The minimum Gasteiger partial charge on any atom is -0.496 e. The number of rotatable bonds is 4. The van der Waals surface area contributed by atoms with Gasteiger partial charge in [0.2, 0.25) is 5.78 Å². The van der Waals surface area contributed by atoms with Crippen LogP contribution in [0.1, 0.15) is 31.8 Å². The third-order valence-corrected chi connectivity index (χ3v) is 5.54. The standard InChI is InChI=1S/C24H16BrClO5/c1-13-19(31-24(28)14-3-6-17(26)7-4-14)10-8-18-22(27)21(30-23(13)18)12-15-11-16(25)5-9-20(15)29-2/h3-12H,1-2H3/b21-12-. The van der Waals surface area contributed by atoms with E-state index >= 15 is 0 Å². The topological polar surface area (TPSA) is 61.8 Å². The fourth-order valence-corrected chi connectivity index (χ4v) is 3.69. The monoisotopic (exact) mass is 498 g/mol. The summed E-state index contributed by atoms with van der Waals surface area (Å²) in [6, 6.07) is 15.0. The quantitative estimate of drug-likeness (QED) is 0.241. The Kier molecular flexibility index (Phi) is 5.85. The van der Waals surface area contributed by atoms with Gasteiger partial charge in [-0.05, 0) is 67.6 Å². The van der Waals surface area contributed by atoms with Crippen LogP contribution >= 0.6 is 27.5 Å². The predicted molar refractivity (Wildman–Crippen MR) is 121 cm³/mol. The maximum Gasteiger partial charge on any atom is 0.343 e. The number of halogens is 2. The van der Waals surface area contributed by atoms with E-state index in [2.05, 4.69) is 15.9 Å². The summed E-state index contributed by atoms with van der Waals surface area (Å²) in [7, 11) is 1.56. The third-order valence-electron chi connectivity index (χ3n) is 4.80. The molecule has 0 N–H and O–H groups in total. The summed E-state index contributed by atoms with van der Waals surface area (Å²) in [4.78, 5) is 25.3. The highest BCUT2D eigenvalue weighted by molar-refractivity contribution is 9.10. The molecule has 1 aliphatic heterocycles. The van der Waals surface area contributed by atoms with Crippen molar-refractivity contribution in [3.05, 3.63) is 92.1 Å². The van der Waals surface area contributed by atoms with Gasteiger partial charge >= 0.3 is 5.97 Å². The number of carbonyl (C=O) groups is 2. The molecule has 5 nitrogen and oxygen atoms in total. The first-order valence-electron chi connectivity index (χ1n) is 9.26. The zero-order chi connectivity index (χ0) is 22.1. The molecular formula is C24H16BrClO5. The van der Waals surface area contributed by atoms with Crippen LogP contribution in [0.5, 0.6) is 17.2 Å². The molecule has 1 heterocycles. The highest BCUT2D eigenvalue weighted by Crippen LogP contribution is 2.40. The smallest absolute Gasteiger partial charge is 0.343 e. The van der Waals surface area contributed by atoms with Gasteiger partial charge in [0.05, 0.1) is 18.2 Å². The zero-order valence-electron chi connectivity index (χ0n) is 16.6. The molecule has 0 unspecified atom stereocenters. The average Bonchev–Trinajstić information content (AvgIpc) is 3.07. The molecule has 31 heavy (non-hydrogen) atoms. The van der Waals surface area contributed by atoms with E-state index in [-0.39, 0.29) is 11.5 Å². The van der Waals surface area contributed by atoms with Gasteiger partial charge in [-0.25, -0.2) is 4.79 Å². The molecule has 0 saturated heterocycles. The van der Waals surface area contributed by atoms with E-state index in [9.17, 15) is 9.59 Å². The van der Waals surface area contributed by atoms with Crippen LogP contribution in [0.15, 0.2) is 64.8 Å². The highest BCUT2D eigenvalue weighted by Gasteiger charge is 2.31. The molecule has 0 fully saturated rings. The van der Waals surface area contributed by atoms with Gasteiger partial charge in [0.15, 0.2) is 5.76 Å². The van der Waals surface area contributed by atoms with Crippen molar-refractivity contribution in [3.8, 4) is 17.2 Å². The van der Waals surface area contributed by atoms with Gasteiger partial charge in [0.25, 0.3) is 0 Å². The molecule has 0 aliphatic carbocycles. The number of hydrogen-bond donors (Lipinski definition) is 0. The summed E-state index contributed by atoms with van der Waals surface area (Å²) in [6.45, 7) is 1.74. The Labute approximate surface area is 192 Å². The van der Waals surface area contributed by atoms with Crippen LogP contribution < -0.4 is 14.2 Å². The third kappa shape index (κ3) is 4.22. The molecule has 156 valence electrons. The van der Waals surface area contributed by atoms with Crippen molar-refractivity contribution in [1.82, 2.24) is 0 Å². The Hall–Kier alpha value is -3.09. The second-order valence-corrected chi connectivity index (χ2v) is 8.14. The summed E-state index contributed by atoms with van der Waals surface area (Å²) < 4.78 is 17.6. The number of ether oxygens (including phenoxy) is 3. The molecule has 0 bridgehead atoms. The molecule has 7 heteroatoms. The summed E-state index contributed by atoms with van der Waals surface area (Å²) in [5, 5.41) is 0.526. The fourth-order valence-electron chi connectivity index (χ4n) is 3.18. The second kappa shape index (κ2) is 8.57. The molecule has 3 aromatic carbocycles. The summed E-state index contributed by atoms with van der Waals surface area (Å²) >= 11 is 9.28. The number of esters is 1. The second-order valence-electron chi connectivity index (χ2n) is 6.79. The van der Waals surface area contributed by atoms with E-state index in [1.165, 1.54) is 0 Å². The van der Waals surface area contributed by atoms with Gasteiger partial charge < -0.3 is 14.2 Å². The Balaban J connectivity index is 1.63. The molecule has 4 rings (SSSR count). The molecule has 0 radical (unpaired) electrons. The first kappa shape index (κ1) is 21.2. The Morgan fingerprint density at radius 1 is 1.06 bits per heavy atom. The molecule has 0 atom stereocenters. The van der Waals surface area contributed by atoms with Crippen LogP contribution in [-0.2, 0) is 0 Å². The van der Waals surface area contributed by atoms with E-state index in [0.717, 1.165) is 4.47 Å². The predicted octanol–water partition coefficient (Wildman–Crippen LogP) is 6.25. The van der Waals surface area contributed by atoms with Crippen LogP contribution in [0.25, 0.3) is 6.08 Å². The lowest BCUT2D eigenvalue weighted by Gasteiger charge is -2.10. The van der Waals surface area contributed by atoms with E-state index in [0.29, 0.717) is 44.5 Å². The number of benzene rings is 3. The van der Waals surface area contributed by atoms with Crippen LogP contribution in [0.4, 0.5) is 0 Å². The van der Waals surface area contributed by atoms with Crippen molar-refractivity contribution in [2.45, 2.75) is 6.92 Å². The Bertz CT molecular complexity index is 1230. The number of hydrogen-bond acceptors (Lipinski definition) is 5. The van der Waals surface area contributed by atoms with Gasteiger partial charge in [-0.15, -0.1) is 0 Å². The normalized spacial score (nSPS) is 13.7. The van der Waals surface area contributed by atoms with E-state index < -0.39 is 5.97 Å². The van der Waals surface area contributed by atoms with Crippen LogP contribution in [0.2, 0.25) is 5.02 Å². The van der Waals surface area contributed by atoms with Crippen molar-refractivity contribution in [2.24, 2.45) is 0 Å². The molecule has 0 aromatic heterocycles. The van der Waals surface area contributed by atoms with E-state index in [1.54, 1.807) is 62.6 Å². The first-order chi connectivity index (χ1) is 14.9. The number of carbonyl (C=O) groups excluding carboxylic acids is 2. The summed E-state index contributed by atoms with van der Waals surface area (Å²) in [6.07, 6.45) is 1.63. The zero-order valence-corrected chi connectivity index (χ0v) is 18.9. The van der Waals surface area contributed by atoms with Crippen molar-refractivity contribution < 1.29 is 23.8 Å². The SMILES string of the molecule is COc1ccc(Br)cc1/C=C1\Oc2c(ccc(OC(=O)c3ccc(Cl)cc3)c2C)C1=O. The van der Waals surface area contributed by atoms with E-state index in [4.69, 9.17) is 25.8 Å². The van der Waals surface area contributed by atoms with Gasteiger partial charge in [0.1, 0.15) is 17.2 Å². The maximum atomic E-state index is 12.9. The minimum absolute atomic E-state index is 0.163. The van der Waals surface area contributed by atoms with Crippen LogP contribution in [0.3, 0.4) is 0 Å². The van der Waals surface area contributed by atoms with Crippen LogP contribution in [0, 0.1) is 6.92 Å². The Morgan fingerprint density at radius 3 is 2.48 bits per heavy atom. The fraction of sp³-hybridized carbons (Fsp3) is 0.0833. The number of allylic oxidation sites excluding steroid dienone is 1. The van der Waals surface area contributed by atoms with Gasteiger partial charge in [-0.1, -0.05) is 27.5 Å². The largest absolute Gasteiger partial charge is 0.496 e. The molecule has 3 aromatic rings. The molecule has 1 aliphatic rings. The lowest BCUT2D eigenvalue weighted by Crippen LogP contribution is -2.09.